The fraction of sp³-hybridized carbons (Fsp3) is 0.750. The first kappa shape index (κ1) is 15.3. The zero-order chi connectivity index (χ0) is 14.6. The summed E-state index contributed by atoms with van der Waals surface area (Å²) in [5.74, 6) is -1.74. The van der Waals surface area contributed by atoms with E-state index in [0.29, 0.717) is 6.54 Å². The van der Waals surface area contributed by atoms with E-state index >= 15 is 0 Å². The second-order valence-corrected chi connectivity index (χ2v) is 5.41. The van der Waals surface area contributed by atoms with Gasteiger partial charge in [0.25, 0.3) is 0 Å². The smallest absolute Gasteiger partial charge is 0.326 e. The summed E-state index contributed by atoms with van der Waals surface area (Å²) in [6.07, 6.45) is 1.73. The van der Waals surface area contributed by atoms with E-state index in [2.05, 4.69) is 5.32 Å². The number of amides is 3. The zero-order valence-electron chi connectivity index (χ0n) is 11.3. The molecule has 1 fully saturated rings. The van der Waals surface area contributed by atoms with E-state index in [9.17, 15) is 14.4 Å². The predicted molar refractivity (Wildman–Crippen MR) is 68.4 cm³/mol. The van der Waals surface area contributed by atoms with Gasteiger partial charge in [0.1, 0.15) is 6.04 Å². The standard InChI is InChI=1S/C12H21N3O4/c1-12(2)6-3-7-15(12)11(19)14-8(10(17)18)4-5-9(13)16/h8H,3-7H2,1-2H3,(H2,13,16)(H,14,19)(H,17,18). The van der Waals surface area contributed by atoms with E-state index < -0.39 is 23.9 Å². The first-order valence-electron chi connectivity index (χ1n) is 6.33. The normalized spacial score (nSPS) is 18.9. The van der Waals surface area contributed by atoms with Crippen LogP contribution >= 0.6 is 0 Å². The van der Waals surface area contributed by atoms with Crippen molar-refractivity contribution in [2.24, 2.45) is 5.73 Å². The minimum absolute atomic E-state index is 0.00464. The Hall–Kier alpha value is -1.79. The van der Waals surface area contributed by atoms with Crippen molar-refractivity contribution >= 4 is 17.9 Å². The second kappa shape index (κ2) is 5.90. The fourth-order valence-electron chi connectivity index (χ4n) is 2.25. The molecule has 1 heterocycles. The molecule has 7 heteroatoms. The lowest BCUT2D eigenvalue weighted by Gasteiger charge is -2.32. The molecule has 4 N–H and O–H groups in total. The molecule has 0 aromatic rings. The SMILES string of the molecule is CC1(C)CCCN1C(=O)NC(CCC(N)=O)C(=O)O. The van der Waals surface area contributed by atoms with Crippen LogP contribution in [0, 0.1) is 0 Å². The van der Waals surface area contributed by atoms with E-state index in [1.807, 2.05) is 13.8 Å². The maximum atomic E-state index is 12.1. The Labute approximate surface area is 112 Å². The topological polar surface area (TPSA) is 113 Å². The molecular weight excluding hydrogens is 250 g/mol. The third-order valence-corrected chi connectivity index (χ3v) is 3.42. The molecule has 0 aliphatic carbocycles. The summed E-state index contributed by atoms with van der Waals surface area (Å²) in [7, 11) is 0. The maximum Gasteiger partial charge on any atom is 0.326 e. The number of hydrogen-bond donors (Lipinski definition) is 3. The fourth-order valence-corrected chi connectivity index (χ4v) is 2.25. The van der Waals surface area contributed by atoms with Gasteiger partial charge in [0.05, 0.1) is 0 Å². The number of rotatable bonds is 5. The molecule has 1 rings (SSSR count). The van der Waals surface area contributed by atoms with E-state index in [-0.39, 0.29) is 18.4 Å². The molecular formula is C12H21N3O4. The summed E-state index contributed by atoms with van der Waals surface area (Å²) in [4.78, 5) is 35.4. The Morgan fingerprint density at radius 2 is 2.05 bits per heavy atom. The highest BCUT2D eigenvalue weighted by molar-refractivity contribution is 5.84. The number of hydrogen-bond acceptors (Lipinski definition) is 3. The first-order chi connectivity index (χ1) is 8.74. The quantitative estimate of drug-likeness (QED) is 0.667. The molecule has 0 aromatic carbocycles. The van der Waals surface area contributed by atoms with Crippen LogP contribution in [0.3, 0.4) is 0 Å². The van der Waals surface area contributed by atoms with Crippen molar-refractivity contribution in [1.29, 1.82) is 0 Å². The molecule has 108 valence electrons. The Kier molecular flexibility index (Phi) is 4.74. The Morgan fingerprint density at radius 1 is 1.42 bits per heavy atom. The third kappa shape index (κ3) is 4.11. The average Bonchev–Trinajstić information content (AvgIpc) is 2.63. The highest BCUT2D eigenvalue weighted by Gasteiger charge is 2.36. The minimum atomic E-state index is -1.16. The Morgan fingerprint density at radius 3 is 2.47 bits per heavy atom. The summed E-state index contributed by atoms with van der Waals surface area (Å²) in [5.41, 5.74) is 4.71. The molecule has 1 unspecified atom stereocenters. The number of aliphatic carboxylic acids is 1. The molecule has 7 nitrogen and oxygen atoms in total. The molecule has 0 radical (unpaired) electrons. The lowest BCUT2D eigenvalue weighted by molar-refractivity contribution is -0.139. The van der Waals surface area contributed by atoms with Gasteiger partial charge in [-0.05, 0) is 33.1 Å². The number of carbonyl (C=O) groups excluding carboxylic acids is 2. The highest BCUT2D eigenvalue weighted by atomic mass is 16.4. The number of nitrogens with one attached hydrogen (secondary N) is 1. The molecule has 1 aliphatic heterocycles. The van der Waals surface area contributed by atoms with Crippen molar-refractivity contribution in [2.75, 3.05) is 6.54 Å². The van der Waals surface area contributed by atoms with Gasteiger partial charge in [0, 0.05) is 18.5 Å². The number of carbonyl (C=O) groups is 3. The number of nitrogens with zero attached hydrogens (tertiary/aromatic N) is 1. The van der Waals surface area contributed by atoms with E-state index in [1.54, 1.807) is 4.90 Å². The largest absolute Gasteiger partial charge is 0.480 e. The molecule has 0 spiro atoms. The van der Waals surface area contributed by atoms with Gasteiger partial charge in [-0.15, -0.1) is 0 Å². The van der Waals surface area contributed by atoms with Gasteiger partial charge in [-0.1, -0.05) is 0 Å². The van der Waals surface area contributed by atoms with Crippen molar-refractivity contribution in [3.05, 3.63) is 0 Å². The van der Waals surface area contributed by atoms with Crippen molar-refractivity contribution in [3.63, 3.8) is 0 Å². The monoisotopic (exact) mass is 271 g/mol. The van der Waals surface area contributed by atoms with Crippen LogP contribution in [0.25, 0.3) is 0 Å². The van der Waals surface area contributed by atoms with Gasteiger partial charge in [0.15, 0.2) is 0 Å². The predicted octanol–water partition coefficient (Wildman–Crippen LogP) is 0.289. The number of primary amides is 1. The summed E-state index contributed by atoms with van der Waals surface area (Å²) in [6.45, 7) is 4.50. The van der Waals surface area contributed by atoms with Crippen molar-refractivity contribution in [2.45, 2.75) is 51.1 Å². The van der Waals surface area contributed by atoms with Crippen molar-refractivity contribution < 1.29 is 19.5 Å². The van der Waals surface area contributed by atoms with Crippen LogP contribution in [-0.2, 0) is 9.59 Å². The van der Waals surface area contributed by atoms with E-state index in [4.69, 9.17) is 10.8 Å². The average molecular weight is 271 g/mol. The van der Waals surface area contributed by atoms with Crippen LogP contribution in [0.1, 0.15) is 39.5 Å². The second-order valence-electron chi connectivity index (χ2n) is 5.41. The van der Waals surface area contributed by atoms with E-state index in [1.165, 1.54) is 0 Å². The minimum Gasteiger partial charge on any atom is -0.480 e. The van der Waals surface area contributed by atoms with Gasteiger partial charge in [-0.3, -0.25) is 4.79 Å². The maximum absolute atomic E-state index is 12.1. The van der Waals surface area contributed by atoms with Gasteiger partial charge in [-0.2, -0.15) is 0 Å². The van der Waals surface area contributed by atoms with E-state index in [0.717, 1.165) is 12.8 Å². The molecule has 0 aromatic heterocycles. The third-order valence-electron chi connectivity index (χ3n) is 3.42. The lowest BCUT2D eigenvalue weighted by Crippen LogP contribution is -2.52. The first-order valence-corrected chi connectivity index (χ1v) is 6.33. The van der Waals surface area contributed by atoms with Gasteiger partial charge in [0.2, 0.25) is 5.91 Å². The van der Waals surface area contributed by atoms with Gasteiger partial charge in [-0.25, -0.2) is 9.59 Å². The molecule has 1 atom stereocenters. The molecule has 1 aliphatic rings. The zero-order valence-corrected chi connectivity index (χ0v) is 11.3. The molecule has 3 amide bonds. The molecule has 0 saturated carbocycles. The number of nitrogens with two attached hydrogens (primary N) is 1. The van der Waals surface area contributed by atoms with Crippen molar-refractivity contribution in [1.82, 2.24) is 10.2 Å². The number of likely N-dealkylation sites (tertiary alicyclic amines) is 1. The number of carboxylic acids is 1. The van der Waals surface area contributed by atoms with Crippen LogP contribution in [0.4, 0.5) is 4.79 Å². The Balaban J connectivity index is 2.61. The summed E-state index contributed by atoms with van der Waals surface area (Å²) in [5, 5.41) is 11.5. The summed E-state index contributed by atoms with van der Waals surface area (Å²) >= 11 is 0. The van der Waals surface area contributed by atoms with Crippen LogP contribution in [0.2, 0.25) is 0 Å². The lowest BCUT2D eigenvalue weighted by atomic mass is 10.0. The molecule has 19 heavy (non-hydrogen) atoms. The van der Waals surface area contributed by atoms with Crippen LogP contribution in [0.5, 0.6) is 0 Å². The molecule has 1 saturated heterocycles. The Bertz CT molecular complexity index is 381. The summed E-state index contributed by atoms with van der Waals surface area (Å²) in [6, 6.07) is -1.49. The molecule has 0 bridgehead atoms. The van der Waals surface area contributed by atoms with Crippen LogP contribution in [0.15, 0.2) is 0 Å². The van der Waals surface area contributed by atoms with Crippen LogP contribution < -0.4 is 11.1 Å². The van der Waals surface area contributed by atoms with Gasteiger partial charge >= 0.3 is 12.0 Å². The van der Waals surface area contributed by atoms with Crippen LogP contribution in [-0.4, -0.2) is 46.0 Å². The van der Waals surface area contributed by atoms with Crippen molar-refractivity contribution in [3.8, 4) is 0 Å². The number of urea groups is 1. The highest BCUT2D eigenvalue weighted by Crippen LogP contribution is 2.28. The summed E-state index contributed by atoms with van der Waals surface area (Å²) < 4.78 is 0. The van der Waals surface area contributed by atoms with Gasteiger partial charge < -0.3 is 21.1 Å². The number of carboxylic acid groups (broad SMARTS) is 1.